The van der Waals surface area contributed by atoms with Gasteiger partial charge in [0.2, 0.25) is 0 Å². The fourth-order valence-electron chi connectivity index (χ4n) is 2.42. The summed E-state index contributed by atoms with van der Waals surface area (Å²) in [4.78, 5) is 0. The van der Waals surface area contributed by atoms with E-state index in [0.717, 1.165) is 6.04 Å². The second-order valence-corrected chi connectivity index (χ2v) is 7.96. The molecule has 3 heteroatoms. The highest BCUT2D eigenvalue weighted by Gasteiger charge is 2.27. The van der Waals surface area contributed by atoms with Crippen LogP contribution in [0.25, 0.3) is 0 Å². The molecule has 1 aliphatic rings. The van der Waals surface area contributed by atoms with Gasteiger partial charge in [-0.15, -0.1) is 0 Å². The highest BCUT2D eigenvalue weighted by atomic mass is 32.2. The molecule has 102 valence electrons. The lowest BCUT2D eigenvalue weighted by atomic mass is 9.88. The Kier molecular flexibility index (Phi) is 8.05. The van der Waals surface area contributed by atoms with Crippen molar-refractivity contribution in [1.29, 1.82) is 0 Å². The molecule has 1 atom stereocenters. The van der Waals surface area contributed by atoms with Crippen molar-refractivity contribution < 1.29 is 0 Å². The van der Waals surface area contributed by atoms with Gasteiger partial charge >= 0.3 is 0 Å². The maximum Gasteiger partial charge on any atom is 0.0163 e. The van der Waals surface area contributed by atoms with Crippen LogP contribution in [-0.4, -0.2) is 36.1 Å². The molecule has 1 saturated heterocycles. The van der Waals surface area contributed by atoms with Gasteiger partial charge in [0.25, 0.3) is 0 Å². The van der Waals surface area contributed by atoms with Crippen LogP contribution in [0.4, 0.5) is 0 Å². The predicted octanol–water partition coefficient (Wildman–Crippen LogP) is 4.03. The van der Waals surface area contributed by atoms with Crippen molar-refractivity contribution in [2.24, 2.45) is 5.41 Å². The van der Waals surface area contributed by atoms with Gasteiger partial charge in [0.05, 0.1) is 0 Å². The van der Waals surface area contributed by atoms with Gasteiger partial charge in [-0.3, -0.25) is 0 Å². The van der Waals surface area contributed by atoms with Gasteiger partial charge in [-0.05, 0) is 49.0 Å². The molecule has 0 bridgehead atoms. The average molecular weight is 276 g/mol. The van der Waals surface area contributed by atoms with Crippen LogP contribution in [0.5, 0.6) is 0 Å². The molecule has 1 fully saturated rings. The Hall–Kier alpha value is 0.660. The molecule has 1 N–H and O–H groups in total. The summed E-state index contributed by atoms with van der Waals surface area (Å²) < 4.78 is 0. The van der Waals surface area contributed by atoms with E-state index in [0.29, 0.717) is 5.41 Å². The molecule has 0 saturated carbocycles. The summed E-state index contributed by atoms with van der Waals surface area (Å²) in [6.45, 7) is 6.02. The van der Waals surface area contributed by atoms with Crippen molar-refractivity contribution in [3.05, 3.63) is 0 Å². The van der Waals surface area contributed by atoms with Crippen LogP contribution in [0, 0.1) is 5.41 Å². The Labute approximate surface area is 116 Å². The van der Waals surface area contributed by atoms with Crippen molar-refractivity contribution in [3.8, 4) is 0 Å². The smallest absolute Gasteiger partial charge is 0.0163 e. The summed E-state index contributed by atoms with van der Waals surface area (Å²) in [7, 11) is 0. The highest BCUT2D eigenvalue weighted by Crippen LogP contribution is 2.33. The van der Waals surface area contributed by atoms with E-state index in [1.807, 2.05) is 11.8 Å². The minimum Gasteiger partial charge on any atom is -0.313 e. The summed E-state index contributed by atoms with van der Waals surface area (Å²) in [6, 6.07) is 0.759. The number of nitrogens with one attached hydrogen (secondary N) is 1. The van der Waals surface area contributed by atoms with Gasteiger partial charge in [0, 0.05) is 11.8 Å². The molecule has 0 aromatic rings. The van der Waals surface area contributed by atoms with E-state index in [2.05, 4.69) is 37.2 Å². The molecule has 1 aliphatic heterocycles. The van der Waals surface area contributed by atoms with Crippen LogP contribution in [0.2, 0.25) is 0 Å². The maximum atomic E-state index is 3.74. The predicted molar refractivity (Wildman–Crippen MR) is 84.4 cm³/mol. The van der Waals surface area contributed by atoms with Gasteiger partial charge in [-0.25, -0.2) is 0 Å². The van der Waals surface area contributed by atoms with E-state index < -0.39 is 0 Å². The van der Waals surface area contributed by atoms with Crippen molar-refractivity contribution in [1.82, 2.24) is 5.32 Å². The average Bonchev–Trinajstić information content (AvgIpc) is 2.27. The summed E-state index contributed by atoms with van der Waals surface area (Å²) >= 11 is 4.09. The highest BCUT2D eigenvalue weighted by molar-refractivity contribution is 7.99. The molecule has 0 aromatic carbocycles. The minimum absolute atomic E-state index is 0.541. The van der Waals surface area contributed by atoms with E-state index in [1.165, 1.54) is 55.9 Å². The molecule has 1 unspecified atom stereocenters. The first-order valence-electron chi connectivity index (χ1n) is 6.94. The first-order chi connectivity index (χ1) is 8.14. The molecular formula is C14H29NS2. The fraction of sp³-hybridized carbons (Fsp3) is 1.00. The third-order valence-corrected chi connectivity index (χ3v) is 5.64. The summed E-state index contributed by atoms with van der Waals surface area (Å²) in [5.74, 6) is 3.98. The molecule has 1 heterocycles. The van der Waals surface area contributed by atoms with E-state index in [4.69, 9.17) is 0 Å². The second-order valence-electron chi connectivity index (χ2n) is 5.94. The van der Waals surface area contributed by atoms with Crippen molar-refractivity contribution >= 4 is 23.5 Å². The van der Waals surface area contributed by atoms with E-state index >= 15 is 0 Å². The van der Waals surface area contributed by atoms with Gasteiger partial charge in [0.15, 0.2) is 0 Å². The van der Waals surface area contributed by atoms with Crippen LogP contribution < -0.4 is 5.32 Å². The largest absolute Gasteiger partial charge is 0.313 e. The van der Waals surface area contributed by atoms with Gasteiger partial charge in [-0.2, -0.15) is 23.5 Å². The minimum atomic E-state index is 0.541. The van der Waals surface area contributed by atoms with Crippen LogP contribution >= 0.6 is 23.5 Å². The number of rotatable bonds is 8. The zero-order chi connectivity index (χ0) is 12.6. The van der Waals surface area contributed by atoms with Gasteiger partial charge < -0.3 is 5.32 Å². The molecular weight excluding hydrogens is 246 g/mol. The Morgan fingerprint density at radius 3 is 2.71 bits per heavy atom. The SMILES string of the molecule is CSCCCCCCNC1CSCC(C)(C)C1. The van der Waals surface area contributed by atoms with E-state index in [9.17, 15) is 0 Å². The normalized spacial score (nSPS) is 23.8. The van der Waals surface area contributed by atoms with Crippen molar-refractivity contribution in [2.75, 3.05) is 30.1 Å². The van der Waals surface area contributed by atoms with E-state index in [1.54, 1.807) is 0 Å². The third kappa shape index (κ3) is 7.63. The first kappa shape index (κ1) is 15.7. The Bertz CT molecular complexity index is 195. The Morgan fingerprint density at radius 2 is 2.00 bits per heavy atom. The molecule has 0 radical (unpaired) electrons. The molecule has 1 rings (SSSR count). The van der Waals surface area contributed by atoms with Crippen LogP contribution in [0.15, 0.2) is 0 Å². The lowest BCUT2D eigenvalue weighted by Crippen LogP contribution is -2.40. The molecule has 0 aliphatic carbocycles. The second kappa shape index (κ2) is 8.71. The lowest BCUT2D eigenvalue weighted by molar-refractivity contribution is 0.317. The summed E-state index contributed by atoms with van der Waals surface area (Å²) in [5, 5.41) is 3.74. The Morgan fingerprint density at radius 1 is 1.24 bits per heavy atom. The fourth-order valence-corrected chi connectivity index (χ4v) is 4.23. The molecule has 0 aromatic heterocycles. The molecule has 1 nitrogen and oxygen atoms in total. The van der Waals surface area contributed by atoms with Crippen molar-refractivity contribution in [3.63, 3.8) is 0 Å². The number of hydrogen-bond acceptors (Lipinski definition) is 3. The van der Waals surface area contributed by atoms with Gasteiger partial charge in [-0.1, -0.05) is 26.7 Å². The molecule has 0 spiro atoms. The topological polar surface area (TPSA) is 12.0 Å². The zero-order valence-corrected chi connectivity index (χ0v) is 13.4. The molecule has 0 amide bonds. The molecule has 17 heavy (non-hydrogen) atoms. The lowest BCUT2D eigenvalue weighted by Gasteiger charge is -2.35. The van der Waals surface area contributed by atoms with Crippen molar-refractivity contribution in [2.45, 2.75) is 52.0 Å². The quantitative estimate of drug-likeness (QED) is 0.672. The first-order valence-corrected chi connectivity index (χ1v) is 9.49. The van der Waals surface area contributed by atoms with Crippen LogP contribution in [-0.2, 0) is 0 Å². The number of thioether (sulfide) groups is 2. The van der Waals surface area contributed by atoms with Gasteiger partial charge in [0.1, 0.15) is 0 Å². The van der Waals surface area contributed by atoms with E-state index in [-0.39, 0.29) is 0 Å². The van der Waals surface area contributed by atoms with Crippen LogP contribution in [0.1, 0.15) is 46.0 Å². The monoisotopic (exact) mass is 275 g/mol. The number of unbranched alkanes of at least 4 members (excludes halogenated alkanes) is 3. The Balaban J connectivity index is 1.95. The third-order valence-electron chi connectivity index (χ3n) is 3.32. The summed E-state index contributed by atoms with van der Waals surface area (Å²) in [5.41, 5.74) is 0.541. The number of hydrogen-bond donors (Lipinski definition) is 1. The zero-order valence-electron chi connectivity index (χ0n) is 11.8. The summed E-state index contributed by atoms with van der Waals surface area (Å²) in [6.07, 6.45) is 9.12. The van der Waals surface area contributed by atoms with Crippen LogP contribution in [0.3, 0.4) is 0 Å². The maximum absolute atomic E-state index is 3.74. The standard InChI is InChI=1S/C14H29NS2/c1-14(2)10-13(11-17-12-14)15-8-6-4-5-7-9-16-3/h13,15H,4-12H2,1-3H3.